The van der Waals surface area contributed by atoms with Crippen molar-refractivity contribution in [3.8, 4) is 17.0 Å². The molecule has 10 nitrogen and oxygen atoms in total. The zero-order chi connectivity index (χ0) is 22.7. The molecule has 0 bridgehead atoms. The molecule has 0 amide bonds. The first kappa shape index (κ1) is 21.7. The number of hydrogen-bond donors (Lipinski definition) is 0. The van der Waals surface area contributed by atoms with Gasteiger partial charge in [0.05, 0.1) is 17.7 Å². The minimum atomic E-state index is -3.98. The number of rotatable bonds is 6. The summed E-state index contributed by atoms with van der Waals surface area (Å²) in [4.78, 5) is 12.2. The number of hydrogen-bond acceptors (Lipinski definition) is 8. The summed E-state index contributed by atoms with van der Waals surface area (Å²) in [5, 5.41) is 19.9. The number of nitrogens with zero attached hydrogens (tertiary/aromatic N) is 5. The van der Waals surface area contributed by atoms with Crippen LogP contribution in [0.25, 0.3) is 11.3 Å². The van der Waals surface area contributed by atoms with E-state index in [2.05, 4.69) is 10.2 Å². The van der Waals surface area contributed by atoms with Gasteiger partial charge in [-0.05, 0) is 30.3 Å². The van der Waals surface area contributed by atoms with Crippen LogP contribution in [0.4, 0.5) is 11.5 Å². The van der Waals surface area contributed by atoms with Crippen LogP contribution in [0, 0.1) is 10.1 Å². The number of benzene rings is 2. The molecule has 0 radical (unpaired) electrons. The van der Waals surface area contributed by atoms with Gasteiger partial charge in [0.1, 0.15) is 5.75 Å². The molecule has 2 heterocycles. The summed E-state index contributed by atoms with van der Waals surface area (Å²) in [6.07, 6.45) is 0. The molecule has 1 saturated heterocycles. The van der Waals surface area contributed by atoms with Gasteiger partial charge in [-0.3, -0.25) is 10.1 Å². The standard InChI is InChI=1S/C21H21N5O5S/c1-31-19-8-4-2-6-16(19)17-10-11-21(23-22-17)24-12-14-25(15-13-24)32(29,30)20-9-5-3-7-18(20)26(27)28/h2-11H,12-15H2,1H3. The van der Waals surface area contributed by atoms with Gasteiger partial charge in [0.2, 0.25) is 10.0 Å². The molecule has 0 saturated carbocycles. The van der Waals surface area contributed by atoms with Gasteiger partial charge in [-0.25, -0.2) is 8.42 Å². The van der Waals surface area contributed by atoms with E-state index in [1.54, 1.807) is 7.11 Å². The predicted molar refractivity (Wildman–Crippen MR) is 118 cm³/mol. The molecule has 0 aliphatic carbocycles. The number of aromatic nitrogens is 2. The van der Waals surface area contributed by atoms with Gasteiger partial charge >= 0.3 is 0 Å². The summed E-state index contributed by atoms with van der Waals surface area (Å²) in [6.45, 7) is 1.15. The summed E-state index contributed by atoms with van der Waals surface area (Å²) in [7, 11) is -2.38. The van der Waals surface area contributed by atoms with Crippen LogP contribution in [0.15, 0.2) is 65.6 Å². The minimum Gasteiger partial charge on any atom is -0.496 e. The van der Waals surface area contributed by atoms with Gasteiger partial charge in [0.15, 0.2) is 10.7 Å². The Hall–Kier alpha value is -3.57. The average molecular weight is 455 g/mol. The number of sulfonamides is 1. The van der Waals surface area contributed by atoms with Crippen molar-refractivity contribution in [3.05, 3.63) is 70.8 Å². The highest BCUT2D eigenvalue weighted by atomic mass is 32.2. The van der Waals surface area contributed by atoms with Crippen LogP contribution in [0.2, 0.25) is 0 Å². The van der Waals surface area contributed by atoms with Crippen LogP contribution in [-0.4, -0.2) is 61.1 Å². The molecule has 1 aliphatic heterocycles. The molecule has 1 aliphatic rings. The highest BCUT2D eigenvalue weighted by Gasteiger charge is 2.33. The summed E-state index contributed by atoms with van der Waals surface area (Å²) < 4.78 is 32.6. The van der Waals surface area contributed by atoms with E-state index in [0.29, 0.717) is 30.4 Å². The lowest BCUT2D eigenvalue weighted by molar-refractivity contribution is -0.387. The van der Waals surface area contributed by atoms with Crippen LogP contribution >= 0.6 is 0 Å². The van der Waals surface area contributed by atoms with Crippen molar-refractivity contribution in [2.24, 2.45) is 0 Å². The highest BCUT2D eigenvalue weighted by Crippen LogP contribution is 2.29. The number of piperazine rings is 1. The third kappa shape index (κ3) is 4.12. The van der Waals surface area contributed by atoms with E-state index < -0.39 is 20.6 Å². The number of methoxy groups -OCH3 is 1. The maximum absolute atomic E-state index is 13.0. The second kappa shape index (κ2) is 8.89. The van der Waals surface area contributed by atoms with Crippen LogP contribution < -0.4 is 9.64 Å². The number of para-hydroxylation sites is 2. The molecule has 0 atom stereocenters. The Kier molecular flexibility index (Phi) is 6.01. The third-order valence-corrected chi connectivity index (χ3v) is 7.22. The van der Waals surface area contributed by atoms with E-state index in [9.17, 15) is 18.5 Å². The van der Waals surface area contributed by atoms with E-state index in [4.69, 9.17) is 4.74 Å². The predicted octanol–water partition coefficient (Wildman–Crippen LogP) is 2.57. The fourth-order valence-electron chi connectivity index (χ4n) is 3.62. The first-order valence-corrected chi connectivity index (χ1v) is 11.3. The number of ether oxygens (including phenoxy) is 1. The van der Waals surface area contributed by atoms with Crippen molar-refractivity contribution in [3.63, 3.8) is 0 Å². The Morgan fingerprint density at radius 3 is 2.28 bits per heavy atom. The van der Waals surface area contributed by atoms with Crippen molar-refractivity contribution in [1.29, 1.82) is 0 Å². The monoisotopic (exact) mass is 455 g/mol. The molecule has 11 heteroatoms. The smallest absolute Gasteiger partial charge is 0.289 e. The second-order valence-electron chi connectivity index (χ2n) is 7.09. The molecule has 1 fully saturated rings. The van der Waals surface area contributed by atoms with E-state index in [-0.39, 0.29) is 18.0 Å². The van der Waals surface area contributed by atoms with Gasteiger partial charge < -0.3 is 9.64 Å². The zero-order valence-corrected chi connectivity index (χ0v) is 18.1. The SMILES string of the molecule is COc1ccccc1-c1ccc(N2CCN(S(=O)(=O)c3ccccc3[N+](=O)[O-])CC2)nn1. The fraction of sp³-hybridized carbons (Fsp3) is 0.238. The van der Waals surface area contributed by atoms with Crippen molar-refractivity contribution >= 4 is 21.5 Å². The van der Waals surface area contributed by atoms with Gasteiger partial charge in [0.25, 0.3) is 5.69 Å². The van der Waals surface area contributed by atoms with E-state index in [1.165, 1.54) is 28.6 Å². The number of nitro groups is 1. The topological polar surface area (TPSA) is 119 Å². The fourth-order valence-corrected chi connectivity index (χ4v) is 5.20. The maximum Gasteiger partial charge on any atom is 0.289 e. The zero-order valence-electron chi connectivity index (χ0n) is 17.3. The average Bonchev–Trinajstić information content (AvgIpc) is 2.84. The molecular weight excluding hydrogens is 434 g/mol. The number of nitro benzene ring substituents is 1. The molecule has 166 valence electrons. The van der Waals surface area contributed by atoms with Crippen LogP contribution in [0.5, 0.6) is 5.75 Å². The summed E-state index contributed by atoms with van der Waals surface area (Å²) in [5.74, 6) is 1.33. The normalized spacial score (nSPS) is 14.8. The lowest BCUT2D eigenvalue weighted by Crippen LogP contribution is -2.49. The highest BCUT2D eigenvalue weighted by molar-refractivity contribution is 7.89. The lowest BCUT2D eigenvalue weighted by Gasteiger charge is -2.34. The Morgan fingerprint density at radius 2 is 1.62 bits per heavy atom. The molecule has 3 aromatic rings. The van der Waals surface area contributed by atoms with E-state index in [0.717, 1.165) is 5.56 Å². The first-order valence-electron chi connectivity index (χ1n) is 9.87. The van der Waals surface area contributed by atoms with Gasteiger partial charge in [-0.2, -0.15) is 4.31 Å². The van der Waals surface area contributed by atoms with E-state index in [1.807, 2.05) is 41.3 Å². The lowest BCUT2D eigenvalue weighted by atomic mass is 10.1. The summed E-state index contributed by atoms with van der Waals surface area (Å²) >= 11 is 0. The minimum absolute atomic E-state index is 0.185. The van der Waals surface area contributed by atoms with Crippen molar-refractivity contribution in [1.82, 2.24) is 14.5 Å². The third-order valence-electron chi connectivity index (χ3n) is 5.28. The molecule has 0 spiro atoms. The van der Waals surface area contributed by atoms with Gasteiger partial charge in [0, 0.05) is 37.8 Å². The quantitative estimate of drug-likeness (QED) is 0.411. The molecule has 2 aromatic carbocycles. The molecule has 4 rings (SSSR count). The molecule has 1 aromatic heterocycles. The van der Waals surface area contributed by atoms with Crippen LogP contribution in [0.3, 0.4) is 0 Å². The van der Waals surface area contributed by atoms with Gasteiger partial charge in [-0.15, -0.1) is 10.2 Å². The van der Waals surface area contributed by atoms with Crippen LogP contribution in [-0.2, 0) is 10.0 Å². The molecule has 0 N–H and O–H groups in total. The van der Waals surface area contributed by atoms with Crippen molar-refractivity contribution in [2.75, 3.05) is 38.2 Å². The van der Waals surface area contributed by atoms with Crippen molar-refractivity contribution < 1.29 is 18.1 Å². The number of anilines is 1. The Labute approximate surface area is 185 Å². The van der Waals surface area contributed by atoms with E-state index >= 15 is 0 Å². The Balaban J connectivity index is 1.48. The van der Waals surface area contributed by atoms with Crippen LogP contribution in [0.1, 0.15) is 0 Å². The second-order valence-corrected chi connectivity index (χ2v) is 9.00. The first-order chi connectivity index (χ1) is 15.4. The Morgan fingerprint density at radius 1 is 0.938 bits per heavy atom. The van der Waals surface area contributed by atoms with Gasteiger partial charge in [-0.1, -0.05) is 24.3 Å². The maximum atomic E-state index is 13.0. The Bertz CT molecular complexity index is 1230. The molecule has 32 heavy (non-hydrogen) atoms. The molecular formula is C21H21N5O5S. The molecule has 0 unspecified atom stereocenters. The van der Waals surface area contributed by atoms with Crippen molar-refractivity contribution in [2.45, 2.75) is 4.90 Å². The summed E-state index contributed by atoms with van der Waals surface area (Å²) in [6, 6.07) is 16.6. The largest absolute Gasteiger partial charge is 0.496 e. The summed E-state index contributed by atoms with van der Waals surface area (Å²) in [5.41, 5.74) is 1.07.